The molecule has 0 aromatic rings. The van der Waals surface area contributed by atoms with E-state index in [2.05, 4.69) is 0 Å². The number of ether oxygens (including phenoxy) is 6. The summed E-state index contributed by atoms with van der Waals surface area (Å²) in [6, 6.07) is 0. The van der Waals surface area contributed by atoms with Gasteiger partial charge in [-0.2, -0.15) is 0 Å². The van der Waals surface area contributed by atoms with Crippen molar-refractivity contribution in [2.45, 2.75) is 72.9 Å². The molecule has 0 aromatic carbocycles. The van der Waals surface area contributed by atoms with Crippen molar-refractivity contribution >= 4 is 0 Å². The van der Waals surface area contributed by atoms with Crippen molar-refractivity contribution in [3.05, 3.63) is 0 Å². The van der Waals surface area contributed by atoms with Gasteiger partial charge in [-0.05, 0) is 48.5 Å². The lowest BCUT2D eigenvalue weighted by molar-refractivity contribution is -0.0533. The summed E-state index contributed by atoms with van der Waals surface area (Å²) in [5.41, 5.74) is 0. The van der Waals surface area contributed by atoms with Crippen LogP contribution < -0.4 is 0 Å². The summed E-state index contributed by atoms with van der Waals surface area (Å²) in [6.07, 6.45) is 0.647. The van der Waals surface area contributed by atoms with Crippen molar-refractivity contribution in [2.24, 2.45) is 0 Å². The van der Waals surface area contributed by atoms with Crippen LogP contribution in [0.25, 0.3) is 0 Å². The summed E-state index contributed by atoms with van der Waals surface area (Å²) in [5, 5.41) is 0. The maximum Gasteiger partial charge on any atom is 0.0781 e. The second-order valence-corrected chi connectivity index (χ2v) is 5.92. The van der Waals surface area contributed by atoms with Gasteiger partial charge in [0.2, 0.25) is 0 Å². The second kappa shape index (κ2) is 20.1. The van der Waals surface area contributed by atoms with E-state index >= 15 is 0 Å². The first kappa shape index (κ1) is 27.0. The molecule has 4 atom stereocenters. The van der Waals surface area contributed by atoms with Crippen LogP contribution in [0.2, 0.25) is 0 Å². The molecule has 0 aromatic heterocycles. The minimum atomic E-state index is 0.155. The van der Waals surface area contributed by atoms with Gasteiger partial charge in [-0.25, -0.2) is 0 Å². The zero-order valence-corrected chi connectivity index (χ0v) is 17.7. The average molecular weight is 367 g/mol. The first-order valence-corrected chi connectivity index (χ1v) is 9.44. The van der Waals surface area contributed by atoms with Crippen LogP contribution in [0.5, 0.6) is 0 Å². The van der Waals surface area contributed by atoms with Crippen LogP contribution in [0.1, 0.15) is 48.5 Å². The molecule has 0 spiro atoms. The maximum absolute atomic E-state index is 5.51. The Kier molecular flexibility index (Phi) is 21.7. The normalized spacial score (nSPS) is 15.8. The minimum absolute atomic E-state index is 0.155. The monoisotopic (exact) mass is 366 g/mol. The number of hydrogen-bond acceptors (Lipinski definition) is 6. The van der Waals surface area contributed by atoms with Crippen LogP contribution in [0.15, 0.2) is 0 Å². The Morgan fingerprint density at radius 3 is 1.28 bits per heavy atom. The highest BCUT2D eigenvalue weighted by atomic mass is 16.6. The summed E-state index contributed by atoms with van der Waals surface area (Å²) in [6.45, 7) is 18.8. The molecule has 0 amide bonds. The minimum Gasteiger partial charge on any atom is -0.379 e. The fourth-order valence-corrected chi connectivity index (χ4v) is 1.66. The largest absolute Gasteiger partial charge is 0.379 e. The summed E-state index contributed by atoms with van der Waals surface area (Å²) in [4.78, 5) is 0. The topological polar surface area (TPSA) is 55.4 Å². The summed E-state index contributed by atoms with van der Waals surface area (Å²) in [7, 11) is 1.68. The molecule has 6 nitrogen and oxygen atoms in total. The number of rotatable bonds is 15. The third kappa shape index (κ3) is 21.7. The maximum atomic E-state index is 5.51. The molecule has 0 aliphatic rings. The molecule has 0 fully saturated rings. The Balaban J connectivity index is 0. The third-order valence-corrected chi connectivity index (χ3v) is 3.20. The molecule has 0 saturated carbocycles. The standard InChI is InChI=1S/C10H22O3.C9H20O3/c1-5-11-7-9(3)13-8-10(4)12-6-2;1-5-11-6-9(3)12-7-8(2)10-4/h9-10H,5-8H2,1-4H3;8-9H,5-7H2,1-4H3. The van der Waals surface area contributed by atoms with E-state index in [-0.39, 0.29) is 24.4 Å². The van der Waals surface area contributed by atoms with Gasteiger partial charge >= 0.3 is 0 Å². The Hall–Kier alpha value is -0.240. The molecule has 154 valence electrons. The first-order valence-electron chi connectivity index (χ1n) is 9.44. The molecule has 0 N–H and O–H groups in total. The molecular weight excluding hydrogens is 324 g/mol. The molecule has 25 heavy (non-hydrogen) atoms. The molecule has 4 unspecified atom stereocenters. The highest BCUT2D eigenvalue weighted by Gasteiger charge is 2.06. The SMILES string of the molecule is CCOCC(C)OCC(C)OC.CCOCC(C)OCC(C)OCC. The van der Waals surface area contributed by atoms with E-state index in [1.807, 2.05) is 48.5 Å². The molecule has 0 aliphatic carbocycles. The summed E-state index contributed by atoms with van der Waals surface area (Å²) in [5.74, 6) is 0. The lowest BCUT2D eigenvalue weighted by Crippen LogP contribution is -2.23. The first-order chi connectivity index (χ1) is 11.9. The molecule has 0 radical (unpaired) electrons. The quantitative estimate of drug-likeness (QED) is 0.443. The van der Waals surface area contributed by atoms with Crippen LogP contribution in [-0.2, 0) is 28.4 Å². The lowest BCUT2D eigenvalue weighted by atomic mass is 10.4. The van der Waals surface area contributed by atoms with Crippen molar-refractivity contribution in [3.63, 3.8) is 0 Å². The van der Waals surface area contributed by atoms with Gasteiger partial charge in [0.15, 0.2) is 0 Å². The Bertz CT molecular complexity index is 252. The molecule has 0 saturated heterocycles. The Morgan fingerprint density at radius 2 is 0.920 bits per heavy atom. The second-order valence-electron chi connectivity index (χ2n) is 5.92. The van der Waals surface area contributed by atoms with Gasteiger partial charge in [0.25, 0.3) is 0 Å². The molecule has 6 heteroatoms. The van der Waals surface area contributed by atoms with Gasteiger partial charge in [-0.1, -0.05) is 0 Å². The number of hydrogen-bond donors (Lipinski definition) is 0. The smallest absolute Gasteiger partial charge is 0.0781 e. The molecule has 0 aliphatic heterocycles. The summed E-state index contributed by atoms with van der Waals surface area (Å²) >= 11 is 0. The number of methoxy groups -OCH3 is 1. The molecule has 0 heterocycles. The zero-order chi connectivity index (χ0) is 19.5. The van der Waals surface area contributed by atoms with Gasteiger partial charge in [-0.15, -0.1) is 0 Å². The fraction of sp³-hybridized carbons (Fsp3) is 1.00. The Labute approximate surface area is 155 Å². The van der Waals surface area contributed by atoms with Crippen molar-refractivity contribution in [1.29, 1.82) is 0 Å². The van der Waals surface area contributed by atoms with Crippen molar-refractivity contribution in [2.75, 3.05) is 53.4 Å². The van der Waals surface area contributed by atoms with Crippen LogP contribution in [0.3, 0.4) is 0 Å². The van der Waals surface area contributed by atoms with Crippen LogP contribution in [0.4, 0.5) is 0 Å². The molecule has 0 rings (SSSR count). The van der Waals surface area contributed by atoms with E-state index < -0.39 is 0 Å². The van der Waals surface area contributed by atoms with Gasteiger partial charge in [0.1, 0.15) is 0 Å². The van der Waals surface area contributed by atoms with E-state index in [1.54, 1.807) is 7.11 Å². The molecular formula is C19H42O6. The van der Waals surface area contributed by atoms with Crippen molar-refractivity contribution in [1.82, 2.24) is 0 Å². The van der Waals surface area contributed by atoms with Crippen LogP contribution >= 0.6 is 0 Å². The fourth-order valence-electron chi connectivity index (χ4n) is 1.66. The predicted molar refractivity (Wildman–Crippen MR) is 101 cm³/mol. The van der Waals surface area contributed by atoms with E-state index in [4.69, 9.17) is 28.4 Å². The highest BCUT2D eigenvalue weighted by molar-refractivity contribution is 4.52. The Morgan fingerprint density at radius 1 is 0.520 bits per heavy atom. The van der Waals surface area contributed by atoms with E-state index in [9.17, 15) is 0 Å². The van der Waals surface area contributed by atoms with Crippen molar-refractivity contribution in [3.8, 4) is 0 Å². The lowest BCUT2D eigenvalue weighted by Gasteiger charge is -2.16. The van der Waals surface area contributed by atoms with Gasteiger partial charge in [-0.3, -0.25) is 0 Å². The van der Waals surface area contributed by atoms with E-state index in [0.29, 0.717) is 26.4 Å². The van der Waals surface area contributed by atoms with Gasteiger partial charge in [0, 0.05) is 26.9 Å². The van der Waals surface area contributed by atoms with Gasteiger partial charge in [0.05, 0.1) is 50.8 Å². The molecule has 0 bridgehead atoms. The van der Waals surface area contributed by atoms with Gasteiger partial charge < -0.3 is 28.4 Å². The van der Waals surface area contributed by atoms with E-state index in [0.717, 1.165) is 19.8 Å². The predicted octanol–water partition coefficient (Wildman–Crippen LogP) is 3.32. The van der Waals surface area contributed by atoms with Crippen LogP contribution in [-0.4, -0.2) is 77.8 Å². The summed E-state index contributed by atoms with van der Waals surface area (Å²) < 4.78 is 31.7. The third-order valence-electron chi connectivity index (χ3n) is 3.20. The zero-order valence-electron chi connectivity index (χ0n) is 17.7. The highest BCUT2D eigenvalue weighted by Crippen LogP contribution is 1.97. The van der Waals surface area contributed by atoms with Crippen LogP contribution in [0, 0.1) is 0 Å². The van der Waals surface area contributed by atoms with E-state index in [1.165, 1.54) is 0 Å². The van der Waals surface area contributed by atoms with Crippen molar-refractivity contribution < 1.29 is 28.4 Å². The average Bonchev–Trinajstić information content (AvgIpc) is 2.61.